The molecular weight excluding hydrogens is 316 g/mol. The lowest BCUT2D eigenvalue weighted by atomic mass is 10.1. The number of ether oxygens (including phenoxy) is 1. The van der Waals surface area contributed by atoms with Crippen LogP contribution in [0.4, 0.5) is 0 Å². The maximum Gasteiger partial charge on any atom is 0.307 e. The molecule has 0 saturated carbocycles. The average Bonchev–Trinajstić information content (AvgIpc) is 2.59. The molecule has 6 heteroatoms. The van der Waals surface area contributed by atoms with Gasteiger partial charge in [-0.2, -0.15) is 0 Å². The first-order valence-corrected chi connectivity index (χ1v) is 7.49. The van der Waals surface area contributed by atoms with Gasteiger partial charge in [0, 0.05) is 19.3 Å². The van der Waals surface area contributed by atoms with Gasteiger partial charge in [0.25, 0.3) is 5.91 Å². The van der Waals surface area contributed by atoms with Crippen LogP contribution in [0.15, 0.2) is 48.7 Å². The Morgan fingerprint density at radius 2 is 1.91 bits per heavy atom. The summed E-state index contributed by atoms with van der Waals surface area (Å²) in [5.41, 5.74) is 1.41. The first kappa shape index (κ1) is 17.0. The normalized spacial score (nSPS) is 10.2. The summed E-state index contributed by atoms with van der Waals surface area (Å²) >= 11 is 5.75. The van der Waals surface area contributed by atoms with Gasteiger partial charge < -0.3 is 9.64 Å². The van der Waals surface area contributed by atoms with Crippen LogP contribution in [0.1, 0.15) is 22.3 Å². The van der Waals surface area contributed by atoms with E-state index in [4.69, 9.17) is 11.6 Å². The molecule has 0 bridgehead atoms. The van der Waals surface area contributed by atoms with E-state index in [-0.39, 0.29) is 24.8 Å². The largest absolute Gasteiger partial charge is 0.469 e. The van der Waals surface area contributed by atoms with E-state index < -0.39 is 0 Å². The lowest BCUT2D eigenvalue weighted by Crippen LogP contribution is -2.32. The number of rotatable bonds is 6. The van der Waals surface area contributed by atoms with Crippen molar-refractivity contribution in [3.63, 3.8) is 0 Å². The predicted molar refractivity (Wildman–Crippen MR) is 87.1 cm³/mol. The van der Waals surface area contributed by atoms with Crippen LogP contribution in [0.25, 0.3) is 0 Å². The molecule has 0 aliphatic heterocycles. The number of carbonyl (C=O) groups excluding carboxylic acids is 2. The van der Waals surface area contributed by atoms with Crippen molar-refractivity contribution in [2.75, 3.05) is 13.7 Å². The highest BCUT2D eigenvalue weighted by Gasteiger charge is 2.18. The Balaban J connectivity index is 2.15. The number of methoxy groups -OCH3 is 1. The van der Waals surface area contributed by atoms with E-state index in [1.54, 1.807) is 17.0 Å². The molecule has 0 fully saturated rings. The monoisotopic (exact) mass is 332 g/mol. The van der Waals surface area contributed by atoms with Crippen molar-refractivity contribution >= 4 is 23.5 Å². The molecule has 23 heavy (non-hydrogen) atoms. The summed E-state index contributed by atoms with van der Waals surface area (Å²) < 4.78 is 4.65. The third-order valence-corrected chi connectivity index (χ3v) is 3.51. The van der Waals surface area contributed by atoms with Crippen molar-refractivity contribution in [1.29, 1.82) is 0 Å². The second-order valence-corrected chi connectivity index (χ2v) is 5.30. The van der Waals surface area contributed by atoms with Gasteiger partial charge in [0.05, 0.1) is 19.1 Å². The number of halogens is 1. The topological polar surface area (TPSA) is 59.5 Å². The molecule has 1 aromatic carbocycles. The highest BCUT2D eigenvalue weighted by atomic mass is 35.5. The number of benzene rings is 1. The van der Waals surface area contributed by atoms with E-state index in [0.717, 1.165) is 5.56 Å². The number of aromatic nitrogens is 1. The van der Waals surface area contributed by atoms with E-state index in [9.17, 15) is 9.59 Å². The number of amides is 1. The highest BCUT2D eigenvalue weighted by molar-refractivity contribution is 6.29. The molecule has 5 nitrogen and oxygen atoms in total. The maximum absolute atomic E-state index is 12.7. The molecule has 0 unspecified atom stereocenters. The van der Waals surface area contributed by atoms with E-state index in [2.05, 4.69) is 9.72 Å². The zero-order chi connectivity index (χ0) is 16.7. The molecule has 120 valence electrons. The van der Waals surface area contributed by atoms with Crippen LogP contribution in [0, 0.1) is 0 Å². The van der Waals surface area contributed by atoms with Crippen LogP contribution >= 0.6 is 11.6 Å². The maximum atomic E-state index is 12.7. The number of nitrogens with zero attached hydrogens (tertiary/aromatic N) is 2. The summed E-state index contributed by atoms with van der Waals surface area (Å²) in [6.45, 7) is 0.669. The fourth-order valence-corrected chi connectivity index (χ4v) is 2.18. The molecule has 2 aromatic rings. The Kier molecular flexibility index (Phi) is 6.11. The van der Waals surface area contributed by atoms with Gasteiger partial charge >= 0.3 is 5.97 Å². The second-order valence-electron chi connectivity index (χ2n) is 4.91. The number of pyridine rings is 1. The fraction of sp³-hybridized carbons (Fsp3) is 0.235. The fourth-order valence-electron chi connectivity index (χ4n) is 2.07. The molecule has 1 heterocycles. The van der Waals surface area contributed by atoms with Crippen LogP contribution in [0.5, 0.6) is 0 Å². The molecule has 0 aliphatic rings. The number of esters is 1. The lowest BCUT2D eigenvalue weighted by molar-refractivity contribution is -0.140. The van der Waals surface area contributed by atoms with Gasteiger partial charge in [-0.15, -0.1) is 0 Å². The van der Waals surface area contributed by atoms with Crippen molar-refractivity contribution in [3.8, 4) is 0 Å². The molecule has 1 amide bonds. The third-order valence-electron chi connectivity index (χ3n) is 3.29. The SMILES string of the molecule is COC(=O)CCN(Cc1ccccc1)C(=O)c1ccc(Cl)nc1. The molecule has 0 atom stereocenters. The summed E-state index contributed by atoms with van der Waals surface area (Å²) in [5, 5.41) is 0.325. The molecular formula is C17H17ClN2O3. The summed E-state index contributed by atoms with van der Waals surface area (Å²) in [7, 11) is 1.33. The van der Waals surface area contributed by atoms with E-state index in [1.807, 2.05) is 30.3 Å². The van der Waals surface area contributed by atoms with Crippen molar-refractivity contribution in [2.24, 2.45) is 0 Å². The molecule has 2 rings (SSSR count). The smallest absolute Gasteiger partial charge is 0.307 e. The number of hydrogen-bond acceptors (Lipinski definition) is 4. The average molecular weight is 333 g/mol. The van der Waals surface area contributed by atoms with Crippen LogP contribution in [-0.2, 0) is 16.1 Å². The van der Waals surface area contributed by atoms with Gasteiger partial charge in [-0.1, -0.05) is 41.9 Å². The van der Waals surface area contributed by atoms with Gasteiger partial charge in [0.1, 0.15) is 5.15 Å². The van der Waals surface area contributed by atoms with E-state index in [1.165, 1.54) is 13.3 Å². The summed E-state index contributed by atoms with van der Waals surface area (Å²) in [6, 6.07) is 12.8. The predicted octanol–water partition coefficient (Wildman–Crippen LogP) is 2.94. The van der Waals surface area contributed by atoms with Gasteiger partial charge in [-0.05, 0) is 17.7 Å². The lowest BCUT2D eigenvalue weighted by Gasteiger charge is -2.22. The zero-order valence-corrected chi connectivity index (χ0v) is 13.5. The summed E-state index contributed by atoms with van der Waals surface area (Å²) in [4.78, 5) is 29.6. The third kappa shape index (κ3) is 5.07. The highest BCUT2D eigenvalue weighted by Crippen LogP contribution is 2.12. The van der Waals surface area contributed by atoms with Crippen LogP contribution < -0.4 is 0 Å². The Morgan fingerprint density at radius 1 is 1.17 bits per heavy atom. The van der Waals surface area contributed by atoms with Crippen LogP contribution in [0.3, 0.4) is 0 Å². The van der Waals surface area contributed by atoms with Gasteiger partial charge in [-0.3, -0.25) is 9.59 Å². The Hall–Kier alpha value is -2.40. The number of hydrogen-bond donors (Lipinski definition) is 0. The molecule has 0 N–H and O–H groups in total. The quantitative estimate of drug-likeness (QED) is 0.603. The summed E-state index contributed by atoms with van der Waals surface area (Å²) in [5.74, 6) is -0.563. The Bertz CT molecular complexity index is 659. The van der Waals surface area contributed by atoms with E-state index in [0.29, 0.717) is 17.3 Å². The molecule has 0 radical (unpaired) electrons. The molecule has 1 aromatic heterocycles. The van der Waals surface area contributed by atoms with Crippen molar-refractivity contribution in [3.05, 3.63) is 64.9 Å². The molecule has 0 saturated heterocycles. The minimum absolute atomic E-state index is 0.135. The standard InChI is InChI=1S/C17H17ClN2O3/c1-23-16(21)9-10-20(12-13-5-3-2-4-6-13)17(22)14-7-8-15(18)19-11-14/h2-8,11H,9-10,12H2,1H3. The molecule has 0 spiro atoms. The first-order chi connectivity index (χ1) is 11.1. The van der Waals surface area contributed by atoms with Crippen molar-refractivity contribution in [1.82, 2.24) is 9.88 Å². The van der Waals surface area contributed by atoms with Crippen LogP contribution in [-0.4, -0.2) is 35.4 Å². The minimum Gasteiger partial charge on any atom is -0.469 e. The minimum atomic E-state index is -0.356. The number of carbonyl (C=O) groups is 2. The van der Waals surface area contributed by atoms with Gasteiger partial charge in [0.2, 0.25) is 0 Å². The van der Waals surface area contributed by atoms with Gasteiger partial charge in [0.15, 0.2) is 0 Å². The first-order valence-electron chi connectivity index (χ1n) is 7.11. The van der Waals surface area contributed by atoms with Crippen molar-refractivity contribution in [2.45, 2.75) is 13.0 Å². The Morgan fingerprint density at radius 3 is 2.52 bits per heavy atom. The summed E-state index contributed by atoms with van der Waals surface area (Å²) in [6.07, 6.45) is 1.57. The Labute approximate surface area is 139 Å². The van der Waals surface area contributed by atoms with E-state index >= 15 is 0 Å². The second kappa shape index (κ2) is 8.29. The van der Waals surface area contributed by atoms with Gasteiger partial charge in [-0.25, -0.2) is 4.98 Å². The van der Waals surface area contributed by atoms with Crippen LogP contribution in [0.2, 0.25) is 5.15 Å². The zero-order valence-electron chi connectivity index (χ0n) is 12.7. The molecule has 0 aliphatic carbocycles. The van der Waals surface area contributed by atoms with Crippen molar-refractivity contribution < 1.29 is 14.3 Å².